The van der Waals surface area contributed by atoms with Gasteiger partial charge in [-0.1, -0.05) is 11.6 Å². The standard InChI is InChI=1S/C9H10ClNO2/c1-3-11-6(2)4-8(10)7(5-12)9(11)13/h4-5H,3H2,1-2H3. The molecule has 0 aliphatic heterocycles. The maximum atomic E-state index is 11.5. The van der Waals surface area contributed by atoms with E-state index in [1.165, 1.54) is 4.57 Å². The van der Waals surface area contributed by atoms with E-state index in [0.29, 0.717) is 12.8 Å². The molecule has 70 valence electrons. The molecule has 1 aromatic rings. The van der Waals surface area contributed by atoms with Gasteiger partial charge in [0.2, 0.25) is 0 Å². The highest BCUT2D eigenvalue weighted by atomic mass is 35.5. The third-order valence-corrected chi connectivity index (χ3v) is 2.24. The summed E-state index contributed by atoms with van der Waals surface area (Å²) in [6.07, 6.45) is 0.496. The van der Waals surface area contributed by atoms with Gasteiger partial charge in [0.25, 0.3) is 5.56 Å². The van der Waals surface area contributed by atoms with Gasteiger partial charge in [-0.15, -0.1) is 0 Å². The molecule has 0 spiro atoms. The molecule has 1 rings (SSSR count). The van der Waals surface area contributed by atoms with E-state index >= 15 is 0 Å². The van der Waals surface area contributed by atoms with Crippen molar-refractivity contribution >= 4 is 17.9 Å². The highest BCUT2D eigenvalue weighted by molar-refractivity contribution is 6.32. The molecule has 0 aliphatic rings. The fourth-order valence-corrected chi connectivity index (χ4v) is 1.53. The number of hydrogen-bond donors (Lipinski definition) is 0. The number of aryl methyl sites for hydroxylation is 1. The van der Waals surface area contributed by atoms with Crippen molar-refractivity contribution in [1.29, 1.82) is 0 Å². The van der Waals surface area contributed by atoms with Crippen molar-refractivity contribution < 1.29 is 4.79 Å². The topological polar surface area (TPSA) is 39.1 Å². The number of hydrogen-bond acceptors (Lipinski definition) is 2. The molecular weight excluding hydrogens is 190 g/mol. The molecule has 0 atom stereocenters. The molecule has 0 bridgehead atoms. The Balaban J connectivity index is 3.58. The van der Waals surface area contributed by atoms with Crippen molar-refractivity contribution in [2.45, 2.75) is 20.4 Å². The molecule has 3 nitrogen and oxygen atoms in total. The molecule has 0 fully saturated rings. The van der Waals surface area contributed by atoms with E-state index in [9.17, 15) is 9.59 Å². The molecule has 0 radical (unpaired) electrons. The lowest BCUT2D eigenvalue weighted by atomic mass is 10.2. The van der Waals surface area contributed by atoms with Gasteiger partial charge in [0.05, 0.1) is 10.6 Å². The summed E-state index contributed by atoms with van der Waals surface area (Å²) < 4.78 is 1.51. The fraction of sp³-hybridized carbons (Fsp3) is 0.333. The van der Waals surface area contributed by atoms with E-state index in [1.807, 2.05) is 6.92 Å². The molecule has 13 heavy (non-hydrogen) atoms. The Kier molecular flexibility index (Phi) is 2.88. The smallest absolute Gasteiger partial charge is 0.262 e. The summed E-state index contributed by atoms with van der Waals surface area (Å²) in [5, 5.41) is 0.224. The van der Waals surface area contributed by atoms with E-state index in [-0.39, 0.29) is 16.1 Å². The van der Waals surface area contributed by atoms with Gasteiger partial charge in [0.15, 0.2) is 6.29 Å². The van der Waals surface area contributed by atoms with Gasteiger partial charge in [0, 0.05) is 12.2 Å². The zero-order chi connectivity index (χ0) is 10.0. The minimum Gasteiger partial charge on any atom is -0.313 e. The molecule has 0 N–H and O–H groups in total. The summed E-state index contributed by atoms with van der Waals surface area (Å²) in [6, 6.07) is 1.62. The highest BCUT2D eigenvalue weighted by Gasteiger charge is 2.08. The van der Waals surface area contributed by atoms with Gasteiger partial charge < -0.3 is 4.57 Å². The number of aromatic nitrogens is 1. The number of halogens is 1. The zero-order valence-corrected chi connectivity index (χ0v) is 8.26. The normalized spacial score (nSPS) is 10.1. The molecule has 0 amide bonds. The second kappa shape index (κ2) is 3.75. The number of carbonyl (C=O) groups excluding carboxylic acids is 1. The highest BCUT2D eigenvalue weighted by Crippen LogP contribution is 2.11. The first kappa shape index (κ1) is 9.99. The van der Waals surface area contributed by atoms with Crippen LogP contribution in [0.2, 0.25) is 5.02 Å². The van der Waals surface area contributed by atoms with Crippen LogP contribution in [0.15, 0.2) is 10.9 Å². The largest absolute Gasteiger partial charge is 0.313 e. The van der Waals surface area contributed by atoms with Crippen molar-refractivity contribution in [3.63, 3.8) is 0 Å². The predicted molar refractivity (Wildman–Crippen MR) is 51.5 cm³/mol. The maximum absolute atomic E-state index is 11.5. The number of aldehydes is 1. The van der Waals surface area contributed by atoms with Gasteiger partial charge >= 0.3 is 0 Å². The van der Waals surface area contributed by atoms with Crippen LogP contribution < -0.4 is 5.56 Å². The van der Waals surface area contributed by atoms with E-state index in [2.05, 4.69) is 0 Å². The first-order chi connectivity index (χ1) is 6.11. The third-order valence-electron chi connectivity index (χ3n) is 1.93. The summed E-state index contributed by atoms with van der Waals surface area (Å²) in [6.45, 7) is 4.17. The number of nitrogens with zero attached hydrogens (tertiary/aromatic N) is 1. The Bertz CT molecular complexity index is 395. The summed E-state index contributed by atoms with van der Waals surface area (Å²) in [7, 11) is 0. The van der Waals surface area contributed by atoms with Crippen LogP contribution in [0, 0.1) is 6.92 Å². The Morgan fingerprint density at radius 3 is 2.69 bits per heavy atom. The Labute approximate surface area is 80.9 Å². The second-order valence-corrected chi connectivity index (χ2v) is 3.12. The van der Waals surface area contributed by atoms with Crippen LogP contribution >= 0.6 is 11.6 Å². The van der Waals surface area contributed by atoms with Crippen LogP contribution in [0.1, 0.15) is 23.0 Å². The summed E-state index contributed by atoms with van der Waals surface area (Å²) in [5.74, 6) is 0. The lowest BCUT2D eigenvalue weighted by Gasteiger charge is -2.08. The van der Waals surface area contributed by atoms with Gasteiger partial charge in [0.1, 0.15) is 0 Å². The Morgan fingerprint density at radius 1 is 1.62 bits per heavy atom. The third kappa shape index (κ3) is 1.65. The number of pyridine rings is 1. The van der Waals surface area contributed by atoms with E-state index < -0.39 is 0 Å². The molecule has 0 saturated carbocycles. The molecule has 0 unspecified atom stereocenters. The van der Waals surface area contributed by atoms with E-state index in [0.717, 1.165) is 5.69 Å². The van der Waals surface area contributed by atoms with Crippen LogP contribution in [-0.2, 0) is 6.54 Å². The Hall–Kier alpha value is -1.09. The van der Waals surface area contributed by atoms with Crippen molar-refractivity contribution in [2.24, 2.45) is 0 Å². The van der Waals surface area contributed by atoms with Crippen LogP contribution in [0.4, 0.5) is 0 Å². The van der Waals surface area contributed by atoms with Crippen molar-refractivity contribution in [1.82, 2.24) is 4.57 Å². The Morgan fingerprint density at radius 2 is 2.23 bits per heavy atom. The molecule has 1 heterocycles. The van der Waals surface area contributed by atoms with Crippen molar-refractivity contribution in [3.05, 3.63) is 32.7 Å². The van der Waals surface area contributed by atoms with Crippen LogP contribution in [0.25, 0.3) is 0 Å². The van der Waals surface area contributed by atoms with Crippen LogP contribution in [0.5, 0.6) is 0 Å². The molecule has 4 heteroatoms. The average molecular weight is 200 g/mol. The van der Waals surface area contributed by atoms with Gasteiger partial charge in [-0.3, -0.25) is 9.59 Å². The SMILES string of the molecule is CCn1c(C)cc(Cl)c(C=O)c1=O. The van der Waals surface area contributed by atoms with Crippen LogP contribution in [-0.4, -0.2) is 10.9 Å². The molecule has 1 aromatic heterocycles. The van der Waals surface area contributed by atoms with Crippen LogP contribution in [0.3, 0.4) is 0 Å². The van der Waals surface area contributed by atoms with Gasteiger partial charge in [-0.25, -0.2) is 0 Å². The quantitative estimate of drug-likeness (QED) is 0.680. The van der Waals surface area contributed by atoms with E-state index in [1.54, 1.807) is 13.0 Å². The monoisotopic (exact) mass is 199 g/mol. The number of rotatable bonds is 2. The zero-order valence-electron chi connectivity index (χ0n) is 7.50. The molecule has 0 aliphatic carbocycles. The molecule has 0 aromatic carbocycles. The summed E-state index contributed by atoms with van der Waals surface area (Å²) in [5.41, 5.74) is 0.486. The lowest BCUT2D eigenvalue weighted by Crippen LogP contribution is -2.25. The minimum atomic E-state index is -0.317. The summed E-state index contributed by atoms with van der Waals surface area (Å²) in [4.78, 5) is 22.0. The van der Waals surface area contributed by atoms with E-state index in [4.69, 9.17) is 11.6 Å². The predicted octanol–water partition coefficient (Wildman–Crippen LogP) is 1.64. The lowest BCUT2D eigenvalue weighted by molar-refractivity contribution is 0.112. The van der Waals surface area contributed by atoms with Crippen molar-refractivity contribution in [2.75, 3.05) is 0 Å². The minimum absolute atomic E-state index is 0.0362. The fourth-order valence-electron chi connectivity index (χ4n) is 1.25. The molecule has 0 saturated heterocycles. The second-order valence-electron chi connectivity index (χ2n) is 2.71. The maximum Gasteiger partial charge on any atom is 0.262 e. The molecular formula is C9H10ClNO2. The first-order valence-electron chi connectivity index (χ1n) is 3.97. The summed E-state index contributed by atoms with van der Waals surface area (Å²) >= 11 is 5.72. The van der Waals surface area contributed by atoms with Gasteiger partial charge in [-0.05, 0) is 19.9 Å². The average Bonchev–Trinajstić information content (AvgIpc) is 2.04. The first-order valence-corrected chi connectivity index (χ1v) is 4.34. The number of carbonyl (C=O) groups is 1. The van der Waals surface area contributed by atoms with Crippen molar-refractivity contribution in [3.8, 4) is 0 Å². The van der Waals surface area contributed by atoms with Gasteiger partial charge in [-0.2, -0.15) is 0 Å².